The third kappa shape index (κ3) is 3.34. The van der Waals surface area contributed by atoms with Crippen LogP contribution >= 0.6 is 0 Å². The number of hydrogen-bond donors (Lipinski definition) is 4. The van der Waals surface area contributed by atoms with Gasteiger partial charge in [-0.15, -0.1) is 0 Å². The lowest BCUT2D eigenvalue weighted by atomic mass is 10.1. The second-order valence-corrected chi connectivity index (χ2v) is 3.80. The molecule has 0 bridgehead atoms. The van der Waals surface area contributed by atoms with Gasteiger partial charge in [-0.3, -0.25) is 4.79 Å². The van der Waals surface area contributed by atoms with E-state index in [-0.39, 0.29) is 12.3 Å². The number of benzene rings is 1. The van der Waals surface area contributed by atoms with Crippen LogP contribution in [-0.2, 0) is 0 Å². The largest absolute Gasteiger partial charge is 0.507 e. The van der Waals surface area contributed by atoms with E-state index in [0.717, 1.165) is 6.07 Å². The van der Waals surface area contributed by atoms with E-state index in [0.29, 0.717) is 0 Å². The fourth-order valence-electron chi connectivity index (χ4n) is 1.44. The minimum absolute atomic E-state index is 0.0550. The van der Waals surface area contributed by atoms with E-state index < -0.39 is 29.1 Å². The topological polar surface area (TPSA) is 108 Å². The molecule has 0 spiro atoms. The van der Waals surface area contributed by atoms with Gasteiger partial charge in [0, 0.05) is 12.5 Å². The zero-order valence-electron chi connectivity index (χ0n) is 9.72. The molecule has 98 valence electrons. The average Bonchev–Trinajstić information content (AvgIpc) is 2.28. The molecule has 18 heavy (non-hydrogen) atoms. The Labute approximate surface area is 103 Å². The molecular formula is C11H14FN3O3. The Morgan fingerprint density at radius 2 is 2.28 bits per heavy atom. The number of aromatic hydroxyl groups is 1. The second-order valence-electron chi connectivity index (χ2n) is 3.80. The number of amidine groups is 1. The van der Waals surface area contributed by atoms with Crippen molar-refractivity contribution >= 4 is 11.7 Å². The van der Waals surface area contributed by atoms with Crippen molar-refractivity contribution in [3.8, 4) is 5.75 Å². The summed E-state index contributed by atoms with van der Waals surface area (Å²) in [6.45, 7) is 1.60. The lowest BCUT2D eigenvalue weighted by Gasteiger charge is -2.13. The number of nitrogens with two attached hydrogens (primary N) is 1. The number of amides is 1. The molecule has 0 saturated heterocycles. The van der Waals surface area contributed by atoms with Gasteiger partial charge in [0.25, 0.3) is 5.91 Å². The van der Waals surface area contributed by atoms with Crippen LogP contribution < -0.4 is 11.1 Å². The molecule has 6 nitrogen and oxygen atoms in total. The number of phenolic OH excluding ortho intramolecular Hbond substituents is 1. The Bertz CT molecular complexity index is 456. The second kappa shape index (κ2) is 5.85. The lowest BCUT2D eigenvalue weighted by molar-refractivity contribution is 0.0934. The van der Waals surface area contributed by atoms with Crippen LogP contribution in [0.3, 0.4) is 0 Å². The quantitative estimate of drug-likeness (QED) is 0.276. The van der Waals surface area contributed by atoms with Crippen molar-refractivity contribution in [1.82, 2.24) is 5.32 Å². The van der Waals surface area contributed by atoms with Crippen LogP contribution in [0.2, 0.25) is 0 Å². The van der Waals surface area contributed by atoms with E-state index in [2.05, 4.69) is 10.5 Å². The van der Waals surface area contributed by atoms with Crippen LogP contribution in [0.4, 0.5) is 4.39 Å². The molecular weight excluding hydrogens is 241 g/mol. The third-order valence-corrected chi connectivity index (χ3v) is 2.24. The first-order valence-corrected chi connectivity index (χ1v) is 5.20. The summed E-state index contributed by atoms with van der Waals surface area (Å²) in [6, 6.07) is 3.11. The number of nitrogens with zero attached hydrogens (tertiary/aromatic N) is 1. The van der Waals surface area contributed by atoms with Gasteiger partial charge in [-0.05, 0) is 19.1 Å². The smallest absolute Gasteiger partial charge is 0.258 e. The molecule has 0 fully saturated rings. The van der Waals surface area contributed by atoms with Crippen molar-refractivity contribution in [3.63, 3.8) is 0 Å². The van der Waals surface area contributed by atoms with E-state index in [1.54, 1.807) is 6.92 Å². The zero-order chi connectivity index (χ0) is 13.7. The SMILES string of the molecule is CC(C/C(N)=N/O)NC(=O)c1c(O)cccc1F. The number of rotatable bonds is 4. The predicted molar refractivity (Wildman–Crippen MR) is 63.0 cm³/mol. The fourth-order valence-corrected chi connectivity index (χ4v) is 1.44. The van der Waals surface area contributed by atoms with E-state index in [1.807, 2.05) is 0 Å². The van der Waals surface area contributed by atoms with Gasteiger partial charge in [-0.25, -0.2) is 4.39 Å². The standard InChI is InChI=1S/C11H14FN3O3/c1-6(5-9(13)15-18)14-11(17)10-7(12)3-2-4-8(10)16/h2-4,6,16,18H,5H2,1H3,(H2,13,15)(H,14,17). The van der Waals surface area contributed by atoms with E-state index in [9.17, 15) is 14.3 Å². The van der Waals surface area contributed by atoms with E-state index in [1.165, 1.54) is 12.1 Å². The van der Waals surface area contributed by atoms with Crippen LogP contribution in [0.1, 0.15) is 23.7 Å². The van der Waals surface area contributed by atoms with Crippen LogP contribution in [0, 0.1) is 5.82 Å². The molecule has 0 aromatic heterocycles. The maximum atomic E-state index is 13.4. The first kappa shape index (κ1) is 13.8. The highest BCUT2D eigenvalue weighted by Crippen LogP contribution is 2.19. The van der Waals surface area contributed by atoms with Crippen LogP contribution in [-0.4, -0.2) is 28.1 Å². The monoisotopic (exact) mass is 255 g/mol. The number of nitrogens with one attached hydrogen (secondary N) is 1. The van der Waals surface area contributed by atoms with Crippen LogP contribution in [0.5, 0.6) is 5.75 Å². The van der Waals surface area contributed by atoms with Crippen molar-refractivity contribution in [2.24, 2.45) is 10.9 Å². The Kier molecular flexibility index (Phi) is 4.47. The number of phenols is 1. The summed E-state index contributed by atoms with van der Waals surface area (Å²) in [5.74, 6) is -2.07. The molecule has 1 rings (SSSR count). The maximum absolute atomic E-state index is 13.4. The molecule has 5 N–H and O–H groups in total. The molecule has 1 atom stereocenters. The highest BCUT2D eigenvalue weighted by molar-refractivity contribution is 5.97. The highest BCUT2D eigenvalue weighted by Gasteiger charge is 2.18. The number of halogens is 1. The Morgan fingerprint density at radius 3 is 2.83 bits per heavy atom. The van der Waals surface area contributed by atoms with Crippen molar-refractivity contribution in [1.29, 1.82) is 0 Å². The molecule has 1 aromatic rings. The molecule has 0 radical (unpaired) electrons. The molecule has 0 heterocycles. The molecule has 0 aliphatic heterocycles. The molecule has 1 unspecified atom stereocenters. The molecule has 7 heteroatoms. The summed E-state index contributed by atoms with van der Waals surface area (Å²) in [4.78, 5) is 11.7. The highest BCUT2D eigenvalue weighted by atomic mass is 19.1. The number of oxime groups is 1. The normalized spacial score (nSPS) is 13.1. The van der Waals surface area contributed by atoms with Gasteiger partial charge in [-0.1, -0.05) is 11.2 Å². The van der Waals surface area contributed by atoms with Gasteiger partial charge in [0.05, 0.1) is 0 Å². The molecule has 0 aliphatic carbocycles. The molecule has 0 saturated carbocycles. The maximum Gasteiger partial charge on any atom is 0.258 e. The zero-order valence-corrected chi connectivity index (χ0v) is 9.72. The van der Waals surface area contributed by atoms with Gasteiger partial charge < -0.3 is 21.4 Å². The first-order chi connectivity index (χ1) is 8.45. The van der Waals surface area contributed by atoms with Crippen LogP contribution in [0.25, 0.3) is 0 Å². The van der Waals surface area contributed by atoms with Crippen molar-refractivity contribution in [2.75, 3.05) is 0 Å². The van der Waals surface area contributed by atoms with E-state index >= 15 is 0 Å². The van der Waals surface area contributed by atoms with Gasteiger partial charge in [-0.2, -0.15) is 0 Å². The van der Waals surface area contributed by atoms with Crippen molar-refractivity contribution < 1.29 is 19.5 Å². The van der Waals surface area contributed by atoms with Gasteiger partial charge in [0.15, 0.2) is 0 Å². The summed E-state index contributed by atoms with van der Waals surface area (Å²) < 4.78 is 13.4. The van der Waals surface area contributed by atoms with Gasteiger partial charge in [0.1, 0.15) is 23.0 Å². The lowest BCUT2D eigenvalue weighted by Crippen LogP contribution is -2.36. The molecule has 1 aromatic carbocycles. The summed E-state index contributed by atoms with van der Waals surface area (Å²) in [6.07, 6.45) is 0.109. The first-order valence-electron chi connectivity index (χ1n) is 5.20. The Balaban J connectivity index is 2.77. The minimum Gasteiger partial charge on any atom is -0.507 e. The summed E-state index contributed by atoms with van der Waals surface area (Å²) >= 11 is 0. The summed E-state index contributed by atoms with van der Waals surface area (Å²) in [5, 5.41) is 23.0. The number of hydrogen-bond acceptors (Lipinski definition) is 4. The van der Waals surface area contributed by atoms with E-state index in [4.69, 9.17) is 10.9 Å². The average molecular weight is 255 g/mol. The molecule has 1 amide bonds. The number of carbonyl (C=O) groups is 1. The van der Waals surface area contributed by atoms with Crippen molar-refractivity contribution in [3.05, 3.63) is 29.6 Å². The fraction of sp³-hybridized carbons (Fsp3) is 0.273. The van der Waals surface area contributed by atoms with Gasteiger partial charge in [0.2, 0.25) is 0 Å². The third-order valence-electron chi connectivity index (χ3n) is 2.24. The predicted octanol–water partition coefficient (Wildman–Crippen LogP) is 0.786. The van der Waals surface area contributed by atoms with Gasteiger partial charge >= 0.3 is 0 Å². The summed E-state index contributed by atoms with van der Waals surface area (Å²) in [5.41, 5.74) is 4.85. The number of carbonyl (C=O) groups excluding carboxylic acids is 1. The summed E-state index contributed by atoms with van der Waals surface area (Å²) in [7, 11) is 0. The van der Waals surface area contributed by atoms with Crippen LogP contribution in [0.15, 0.2) is 23.4 Å². The Hall–Kier alpha value is -2.31. The minimum atomic E-state index is -0.816. The Morgan fingerprint density at radius 1 is 1.61 bits per heavy atom. The van der Waals surface area contributed by atoms with Crippen molar-refractivity contribution in [2.45, 2.75) is 19.4 Å². The molecule has 0 aliphatic rings.